The molecule has 0 aliphatic carbocycles. The maximum absolute atomic E-state index is 14.8. The molecule has 0 spiro atoms. The summed E-state index contributed by atoms with van der Waals surface area (Å²) in [6.07, 6.45) is 3.15. The molecule has 1 aliphatic rings. The molecule has 2 aromatic carbocycles. The first kappa shape index (κ1) is 30.4. The molecule has 2 unspecified atom stereocenters. The van der Waals surface area contributed by atoms with E-state index in [4.69, 9.17) is 20.9 Å². The number of aliphatic carboxylic acids is 1. The number of nitrogen functional groups attached to an aromatic ring is 2. The zero-order valence-corrected chi connectivity index (χ0v) is 24.9. The number of ether oxygens (including phenoxy) is 2. The third-order valence-electron chi connectivity index (χ3n) is 7.52. The number of benzene rings is 2. The third-order valence-corrected chi connectivity index (χ3v) is 7.52. The molecular formula is C34H30N6O5. The topological polar surface area (TPSA) is 167 Å². The Morgan fingerprint density at radius 2 is 1.62 bits per heavy atom. The average Bonchev–Trinajstić information content (AvgIpc) is 3.04. The summed E-state index contributed by atoms with van der Waals surface area (Å²) in [5.41, 5.74) is 11.5. The average molecular weight is 603 g/mol. The van der Waals surface area contributed by atoms with Gasteiger partial charge in [-0.2, -0.15) is 4.98 Å². The van der Waals surface area contributed by atoms with Crippen molar-refractivity contribution in [1.29, 1.82) is 0 Å². The zero-order valence-electron chi connectivity index (χ0n) is 24.9. The van der Waals surface area contributed by atoms with Crippen molar-refractivity contribution in [2.75, 3.05) is 37.1 Å². The molecule has 0 bridgehead atoms. The Bertz CT molecular complexity index is 1920. The maximum atomic E-state index is 14.8. The summed E-state index contributed by atoms with van der Waals surface area (Å²) in [5.74, 6) is 11.1. The van der Waals surface area contributed by atoms with E-state index in [1.807, 2.05) is 6.92 Å². The lowest BCUT2D eigenvalue weighted by Crippen LogP contribution is -2.59. The van der Waals surface area contributed by atoms with Crippen molar-refractivity contribution in [3.63, 3.8) is 0 Å². The van der Waals surface area contributed by atoms with Crippen LogP contribution in [0.5, 0.6) is 11.5 Å². The third kappa shape index (κ3) is 5.55. The quantitative estimate of drug-likeness (QED) is 0.219. The SMILES string of the molecule is CCN1c2nccc(Cc3cnc(N)nc3N)c2C(=O)C(C#Cc2ccccc2OC)(C(=O)O)C1C#Cc1ccccc1OC. The molecule has 11 heteroatoms. The molecule has 5 rings (SSSR count). The number of hydrogen-bond acceptors (Lipinski definition) is 10. The highest BCUT2D eigenvalue weighted by molar-refractivity contribution is 6.20. The Kier molecular flexibility index (Phi) is 8.55. The molecule has 0 amide bonds. The molecule has 11 nitrogen and oxygen atoms in total. The van der Waals surface area contributed by atoms with E-state index < -0.39 is 23.2 Å². The second-order valence-corrected chi connectivity index (χ2v) is 10.0. The van der Waals surface area contributed by atoms with Gasteiger partial charge in [-0.25, -0.2) is 14.8 Å². The number of rotatable bonds is 6. The van der Waals surface area contributed by atoms with Gasteiger partial charge in [0.25, 0.3) is 0 Å². The van der Waals surface area contributed by atoms with Gasteiger partial charge in [0.1, 0.15) is 29.2 Å². The minimum Gasteiger partial charge on any atom is -0.495 e. The lowest BCUT2D eigenvalue weighted by Gasteiger charge is -2.42. The molecule has 0 saturated heterocycles. The predicted molar refractivity (Wildman–Crippen MR) is 169 cm³/mol. The normalized spacial score (nSPS) is 16.8. The molecule has 1 aliphatic heterocycles. The number of pyridine rings is 1. The number of para-hydroxylation sites is 2. The van der Waals surface area contributed by atoms with Crippen molar-refractivity contribution in [2.45, 2.75) is 19.4 Å². The molecule has 5 N–H and O–H groups in total. The number of carboxylic acids is 1. The van der Waals surface area contributed by atoms with E-state index in [2.05, 4.69) is 38.6 Å². The number of anilines is 3. The summed E-state index contributed by atoms with van der Waals surface area (Å²) in [7, 11) is 3.00. The highest BCUT2D eigenvalue weighted by Crippen LogP contribution is 2.42. The number of aromatic nitrogens is 3. The first-order valence-corrected chi connectivity index (χ1v) is 13.9. The van der Waals surface area contributed by atoms with Crippen LogP contribution in [0, 0.1) is 29.1 Å². The smallest absolute Gasteiger partial charge is 0.333 e. The van der Waals surface area contributed by atoms with Gasteiger partial charge in [0.2, 0.25) is 11.4 Å². The number of hydrogen-bond donors (Lipinski definition) is 3. The molecule has 0 radical (unpaired) electrons. The van der Waals surface area contributed by atoms with Gasteiger partial charge in [-0.15, -0.1) is 0 Å². The molecular weight excluding hydrogens is 572 g/mol. The molecule has 226 valence electrons. The fraction of sp³-hybridized carbons (Fsp3) is 0.206. The largest absolute Gasteiger partial charge is 0.495 e. The molecule has 3 heterocycles. The molecule has 0 saturated carbocycles. The highest BCUT2D eigenvalue weighted by Gasteiger charge is 2.58. The first-order valence-electron chi connectivity index (χ1n) is 13.9. The number of carbonyl (C=O) groups excluding carboxylic acids is 1. The number of nitrogens with zero attached hydrogens (tertiary/aromatic N) is 4. The van der Waals surface area contributed by atoms with Crippen LogP contribution < -0.4 is 25.8 Å². The molecule has 4 aromatic rings. The second-order valence-electron chi connectivity index (χ2n) is 10.0. The van der Waals surface area contributed by atoms with Crippen LogP contribution in [0.3, 0.4) is 0 Å². The molecule has 0 fully saturated rings. The first-order chi connectivity index (χ1) is 21.7. The van der Waals surface area contributed by atoms with Gasteiger partial charge in [-0.1, -0.05) is 47.9 Å². The zero-order chi connectivity index (χ0) is 32.1. The number of carboxylic acid groups (broad SMARTS) is 1. The van der Waals surface area contributed by atoms with Crippen molar-refractivity contribution in [2.24, 2.45) is 5.41 Å². The monoisotopic (exact) mass is 602 g/mol. The van der Waals surface area contributed by atoms with Crippen LogP contribution in [-0.4, -0.2) is 58.6 Å². The lowest BCUT2D eigenvalue weighted by molar-refractivity contribution is -0.143. The van der Waals surface area contributed by atoms with Gasteiger partial charge in [0.15, 0.2) is 5.78 Å². The van der Waals surface area contributed by atoms with Crippen LogP contribution in [0.1, 0.15) is 39.5 Å². The van der Waals surface area contributed by atoms with Gasteiger partial charge < -0.3 is 30.9 Å². The van der Waals surface area contributed by atoms with Crippen LogP contribution in [0.2, 0.25) is 0 Å². The van der Waals surface area contributed by atoms with E-state index in [9.17, 15) is 14.7 Å². The summed E-state index contributed by atoms with van der Waals surface area (Å²) >= 11 is 0. The summed E-state index contributed by atoms with van der Waals surface area (Å²) < 4.78 is 10.9. The minimum atomic E-state index is -2.33. The number of ketones is 1. The number of Topliss-reactive ketones (excluding diaryl/α,β-unsaturated/α-hetero) is 1. The predicted octanol–water partition coefficient (Wildman–Crippen LogP) is 3.21. The molecule has 2 aromatic heterocycles. The van der Waals surface area contributed by atoms with Gasteiger partial charge in [0, 0.05) is 30.9 Å². The van der Waals surface area contributed by atoms with Crippen LogP contribution in [0.25, 0.3) is 0 Å². The van der Waals surface area contributed by atoms with E-state index in [0.29, 0.717) is 33.8 Å². The van der Waals surface area contributed by atoms with Crippen LogP contribution >= 0.6 is 0 Å². The Morgan fingerprint density at radius 1 is 0.978 bits per heavy atom. The Morgan fingerprint density at radius 3 is 2.22 bits per heavy atom. The van der Waals surface area contributed by atoms with E-state index in [1.54, 1.807) is 65.7 Å². The van der Waals surface area contributed by atoms with E-state index in [0.717, 1.165) is 0 Å². The van der Waals surface area contributed by atoms with Crippen LogP contribution in [0.4, 0.5) is 17.6 Å². The lowest BCUT2D eigenvalue weighted by atomic mass is 9.70. The van der Waals surface area contributed by atoms with Crippen molar-refractivity contribution in [3.8, 4) is 35.2 Å². The number of fused-ring (bicyclic) bond motifs is 1. The Hall–Kier alpha value is -6.07. The number of carbonyl (C=O) groups is 2. The van der Waals surface area contributed by atoms with Gasteiger partial charge in [-0.3, -0.25) is 4.79 Å². The summed E-state index contributed by atoms with van der Waals surface area (Å²) in [6.45, 7) is 2.10. The highest BCUT2D eigenvalue weighted by atomic mass is 16.5. The number of nitrogens with two attached hydrogens (primary N) is 2. The summed E-state index contributed by atoms with van der Waals surface area (Å²) in [5, 5.41) is 11.0. The van der Waals surface area contributed by atoms with Crippen LogP contribution in [0.15, 0.2) is 67.0 Å². The van der Waals surface area contributed by atoms with E-state index in [1.165, 1.54) is 20.4 Å². The van der Waals surface area contributed by atoms with E-state index >= 15 is 0 Å². The minimum absolute atomic E-state index is 0.00853. The summed E-state index contributed by atoms with van der Waals surface area (Å²) in [4.78, 5) is 42.5. The van der Waals surface area contributed by atoms with Gasteiger partial charge >= 0.3 is 5.97 Å². The number of methoxy groups -OCH3 is 2. The standard InChI is InChI=1S/C34H30N6O5/c1-4-40-27(14-13-21-9-5-7-11-25(21)44-2)34(32(42)43,17-15-22-10-6-8-12-26(22)45-3)29(41)28-23(16-18-37-31(28)40)19-24-20-38-33(36)39-30(24)35/h5-12,16,18,20,27H,4,19H2,1-3H3,(H,42,43)(H4,35,36,38,39). The van der Waals surface area contributed by atoms with E-state index in [-0.39, 0.29) is 36.1 Å². The fourth-order valence-corrected chi connectivity index (χ4v) is 5.27. The Labute approximate surface area is 260 Å². The van der Waals surface area contributed by atoms with Crippen molar-refractivity contribution < 1.29 is 24.2 Å². The van der Waals surface area contributed by atoms with Crippen molar-refractivity contribution in [1.82, 2.24) is 15.0 Å². The molecule has 2 atom stereocenters. The Balaban J connectivity index is 1.78. The van der Waals surface area contributed by atoms with Gasteiger partial charge in [-0.05, 0) is 42.8 Å². The van der Waals surface area contributed by atoms with Crippen molar-refractivity contribution >= 4 is 29.3 Å². The van der Waals surface area contributed by atoms with Gasteiger partial charge in [0.05, 0.1) is 30.9 Å². The maximum Gasteiger partial charge on any atom is 0.333 e. The van der Waals surface area contributed by atoms with Crippen molar-refractivity contribution in [3.05, 3.63) is 94.8 Å². The summed E-state index contributed by atoms with van der Waals surface area (Å²) in [6, 6.07) is 14.4. The fourth-order valence-electron chi connectivity index (χ4n) is 5.27. The second kappa shape index (κ2) is 12.7. The van der Waals surface area contributed by atoms with Crippen LogP contribution in [-0.2, 0) is 11.2 Å². The molecule has 45 heavy (non-hydrogen) atoms.